The number of aromatic nitrogens is 1. The van der Waals surface area contributed by atoms with Crippen molar-refractivity contribution in [2.45, 2.75) is 0 Å². The van der Waals surface area contributed by atoms with Crippen molar-refractivity contribution < 1.29 is 0 Å². The zero-order valence-corrected chi connectivity index (χ0v) is 7.28. The highest BCUT2D eigenvalue weighted by molar-refractivity contribution is 5.92. The number of nitrogens with two attached hydrogens (primary N) is 1. The molecule has 0 aliphatic heterocycles. The summed E-state index contributed by atoms with van der Waals surface area (Å²) in [4.78, 5) is 0. The topological polar surface area (TPSA) is 54.7 Å². The highest BCUT2D eigenvalue weighted by atomic mass is 14.9. The van der Waals surface area contributed by atoms with Gasteiger partial charge in [0.1, 0.15) is 11.8 Å². The Morgan fingerprint density at radius 2 is 2.23 bits per heavy atom. The van der Waals surface area contributed by atoms with Crippen molar-refractivity contribution in [2.24, 2.45) is 7.05 Å². The minimum Gasteiger partial charge on any atom is -0.398 e. The Labute approximate surface area is 76.0 Å². The van der Waals surface area contributed by atoms with Crippen LogP contribution in [0.25, 0.3) is 10.9 Å². The maximum absolute atomic E-state index is 8.80. The van der Waals surface area contributed by atoms with Crippen LogP contribution in [0.3, 0.4) is 0 Å². The lowest BCUT2D eigenvalue weighted by Crippen LogP contribution is -1.90. The normalized spacial score (nSPS) is 10.2. The van der Waals surface area contributed by atoms with E-state index in [0.29, 0.717) is 5.69 Å². The number of hydrogen-bond acceptors (Lipinski definition) is 2. The second-order valence-corrected chi connectivity index (χ2v) is 2.98. The number of fused-ring (bicyclic) bond motifs is 1. The van der Waals surface area contributed by atoms with Gasteiger partial charge in [0.05, 0.1) is 5.52 Å². The Bertz CT molecular complexity index is 503. The van der Waals surface area contributed by atoms with E-state index in [9.17, 15) is 0 Å². The van der Waals surface area contributed by atoms with Crippen LogP contribution in [-0.2, 0) is 7.05 Å². The number of anilines is 1. The predicted molar refractivity (Wildman–Crippen MR) is 52.0 cm³/mol. The van der Waals surface area contributed by atoms with E-state index in [-0.39, 0.29) is 0 Å². The van der Waals surface area contributed by atoms with Gasteiger partial charge in [-0.2, -0.15) is 5.26 Å². The largest absolute Gasteiger partial charge is 0.398 e. The van der Waals surface area contributed by atoms with Crippen LogP contribution in [0.5, 0.6) is 0 Å². The molecule has 0 radical (unpaired) electrons. The first-order valence-corrected chi connectivity index (χ1v) is 3.98. The summed E-state index contributed by atoms with van der Waals surface area (Å²) in [5.74, 6) is 0. The van der Waals surface area contributed by atoms with Crippen molar-refractivity contribution >= 4 is 16.6 Å². The van der Waals surface area contributed by atoms with E-state index in [2.05, 4.69) is 6.07 Å². The molecule has 2 rings (SSSR count). The molecule has 3 nitrogen and oxygen atoms in total. The Kier molecular flexibility index (Phi) is 1.49. The van der Waals surface area contributed by atoms with Crippen LogP contribution in [0.1, 0.15) is 5.69 Å². The molecular formula is C10H9N3. The van der Waals surface area contributed by atoms with Gasteiger partial charge in [0, 0.05) is 18.1 Å². The van der Waals surface area contributed by atoms with Crippen molar-refractivity contribution in [3.8, 4) is 6.07 Å². The molecule has 2 N–H and O–H groups in total. The Morgan fingerprint density at radius 1 is 1.46 bits per heavy atom. The molecular weight excluding hydrogens is 162 g/mol. The number of benzene rings is 1. The van der Waals surface area contributed by atoms with Gasteiger partial charge in [0.2, 0.25) is 0 Å². The average Bonchev–Trinajstić information content (AvgIpc) is 2.45. The molecule has 0 amide bonds. The third-order valence-corrected chi connectivity index (χ3v) is 2.24. The van der Waals surface area contributed by atoms with Crippen LogP contribution >= 0.6 is 0 Å². The molecule has 2 aromatic rings. The quantitative estimate of drug-likeness (QED) is 0.612. The number of nitrogens with zero attached hydrogens (tertiary/aromatic N) is 2. The molecule has 64 valence electrons. The summed E-state index contributed by atoms with van der Waals surface area (Å²) in [6.07, 6.45) is 0. The molecule has 0 saturated carbocycles. The van der Waals surface area contributed by atoms with Gasteiger partial charge in [0.15, 0.2) is 0 Å². The first kappa shape index (κ1) is 7.69. The van der Waals surface area contributed by atoms with Gasteiger partial charge in [-0.3, -0.25) is 0 Å². The van der Waals surface area contributed by atoms with Gasteiger partial charge in [-0.1, -0.05) is 6.07 Å². The smallest absolute Gasteiger partial charge is 0.121 e. The lowest BCUT2D eigenvalue weighted by atomic mass is 10.2. The highest BCUT2D eigenvalue weighted by Crippen LogP contribution is 2.23. The summed E-state index contributed by atoms with van der Waals surface area (Å²) in [5.41, 5.74) is 8.12. The van der Waals surface area contributed by atoms with Crippen LogP contribution in [0, 0.1) is 11.3 Å². The van der Waals surface area contributed by atoms with Crippen LogP contribution in [-0.4, -0.2) is 4.57 Å². The standard InChI is InChI=1S/C10H9N3/c1-13-7(6-11)5-8-9(12)3-2-4-10(8)13/h2-5H,12H2,1H3. The van der Waals surface area contributed by atoms with Crippen molar-refractivity contribution in [1.29, 1.82) is 5.26 Å². The summed E-state index contributed by atoms with van der Waals surface area (Å²) in [6, 6.07) is 9.60. The molecule has 1 aromatic carbocycles. The van der Waals surface area contributed by atoms with Crippen molar-refractivity contribution in [2.75, 3.05) is 5.73 Å². The number of nitriles is 1. The lowest BCUT2D eigenvalue weighted by Gasteiger charge is -1.97. The van der Waals surface area contributed by atoms with E-state index in [1.807, 2.05) is 35.9 Å². The first-order valence-electron chi connectivity index (χ1n) is 3.98. The Hall–Kier alpha value is -1.95. The van der Waals surface area contributed by atoms with E-state index in [0.717, 1.165) is 16.6 Å². The maximum Gasteiger partial charge on any atom is 0.121 e. The monoisotopic (exact) mass is 171 g/mol. The van der Waals surface area contributed by atoms with Crippen LogP contribution < -0.4 is 5.73 Å². The number of nitrogen functional groups attached to an aromatic ring is 1. The lowest BCUT2D eigenvalue weighted by molar-refractivity contribution is 0.947. The fourth-order valence-electron chi connectivity index (χ4n) is 1.49. The zero-order chi connectivity index (χ0) is 9.42. The number of aryl methyl sites for hydroxylation is 1. The minimum atomic E-state index is 0.632. The highest BCUT2D eigenvalue weighted by Gasteiger charge is 2.05. The van der Waals surface area contributed by atoms with Gasteiger partial charge in [-0.05, 0) is 18.2 Å². The van der Waals surface area contributed by atoms with Gasteiger partial charge >= 0.3 is 0 Å². The second kappa shape index (κ2) is 2.53. The fraction of sp³-hybridized carbons (Fsp3) is 0.100. The number of hydrogen-bond donors (Lipinski definition) is 1. The number of rotatable bonds is 0. The summed E-state index contributed by atoms with van der Waals surface area (Å²) < 4.78 is 1.84. The summed E-state index contributed by atoms with van der Waals surface area (Å²) in [6.45, 7) is 0. The van der Waals surface area contributed by atoms with E-state index >= 15 is 0 Å². The fourth-order valence-corrected chi connectivity index (χ4v) is 1.49. The molecule has 0 fully saturated rings. The molecule has 1 aromatic heterocycles. The van der Waals surface area contributed by atoms with Gasteiger partial charge < -0.3 is 10.3 Å². The van der Waals surface area contributed by atoms with Crippen LogP contribution in [0.4, 0.5) is 5.69 Å². The van der Waals surface area contributed by atoms with E-state index < -0.39 is 0 Å². The van der Waals surface area contributed by atoms with Crippen molar-refractivity contribution in [1.82, 2.24) is 4.57 Å². The van der Waals surface area contributed by atoms with Crippen molar-refractivity contribution in [3.63, 3.8) is 0 Å². The SMILES string of the molecule is Cn1c(C#N)cc2c(N)cccc21. The van der Waals surface area contributed by atoms with Gasteiger partial charge in [0.25, 0.3) is 0 Å². The Morgan fingerprint density at radius 3 is 2.85 bits per heavy atom. The molecule has 1 heterocycles. The predicted octanol–water partition coefficient (Wildman–Crippen LogP) is 1.63. The molecule has 0 saturated heterocycles. The van der Waals surface area contributed by atoms with Crippen LogP contribution in [0.15, 0.2) is 24.3 Å². The van der Waals surface area contributed by atoms with Gasteiger partial charge in [-0.25, -0.2) is 0 Å². The Balaban J connectivity index is 2.94. The molecule has 0 aliphatic rings. The second-order valence-electron chi connectivity index (χ2n) is 2.98. The molecule has 0 bridgehead atoms. The van der Waals surface area contributed by atoms with E-state index in [4.69, 9.17) is 11.0 Å². The summed E-state index contributed by atoms with van der Waals surface area (Å²) in [7, 11) is 1.86. The molecule has 0 aliphatic carbocycles. The van der Waals surface area contributed by atoms with Gasteiger partial charge in [-0.15, -0.1) is 0 Å². The zero-order valence-electron chi connectivity index (χ0n) is 7.28. The molecule has 3 heteroatoms. The average molecular weight is 171 g/mol. The molecule has 0 unspecified atom stereocenters. The molecule has 0 atom stereocenters. The third-order valence-electron chi connectivity index (χ3n) is 2.24. The van der Waals surface area contributed by atoms with Crippen molar-refractivity contribution in [3.05, 3.63) is 30.0 Å². The molecule has 0 spiro atoms. The molecule has 13 heavy (non-hydrogen) atoms. The summed E-state index contributed by atoms with van der Waals surface area (Å²) >= 11 is 0. The third kappa shape index (κ3) is 0.960. The first-order chi connectivity index (χ1) is 6.24. The summed E-state index contributed by atoms with van der Waals surface area (Å²) in [5, 5.41) is 9.74. The maximum atomic E-state index is 8.80. The van der Waals surface area contributed by atoms with E-state index in [1.165, 1.54) is 0 Å². The van der Waals surface area contributed by atoms with Crippen LogP contribution in [0.2, 0.25) is 0 Å². The minimum absolute atomic E-state index is 0.632. The van der Waals surface area contributed by atoms with E-state index in [1.54, 1.807) is 0 Å².